The van der Waals surface area contributed by atoms with Crippen molar-refractivity contribution in [3.63, 3.8) is 0 Å². The van der Waals surface area contributed by atoms with Gasteiger partial charge >= 0.3 is 0 Å². The predicted molar refractivity (Wildman–Crippen MR) is 49.7 cm³/mol. The molecule has 0 unspecified atom stereocenters. The molecule has 1 rings (SSSR count). The zero-order valence-corrected chi connectivity index (χ0v) is 8.00. The summed E-state index contributed by atoms with van der Waals surface area (Å²) in [7, 11) is 1.17. The fraction of sp³-hybridized carbons (Fsp3) is 0.200. The van der Waals surface area contributed by atoms with Crippen LogP contribution in [0.3, 0.4) is 0 Å². The van der Waals surface area contributed by atoms with Crippen LogP contribution in [0.1, 0.15) is 5.56 Å². The number of hydrogen-bond acceptors (Lipinski definition) is 1. The topological polar surface area (TPSA) is 12.0 Å². The molecule has 82 valence electrons. The van der Waals surface area contributed by atoms with E-state index in [1.54, 1.807) is 0 Å². The van der Waals surface area contributed by atoms with E-state index in [0.717, 1.165) is 0 Å². The number of rotatable bonds is 3. The second kappa shape index (κ2) is 4.33. The maximum atomic E-state index is 13.2. The first-order valence-electron chi connectivity index (χ1n) is 4.18. The van der Waals surface area contributed by atoms with Crippen molar-refractivity contribution in [2.45, 2.75) is 6.42 Å². The van der Waals surface area contributed by atoms with Crippen molar-refractivity contribution in [2.75, 3.05) is 12.4 Å². The zero-order chi connectivity index (χ0) is 11.6. The first-order valence-corrected chi connectivity index (χ1v) is 4.18. The SMILES string of the molecule is C=CCc1c(F)c(F)c(NC)c(F)c1F. The monoisotopic (exact) mass is 219 g/mol. The van der Waals surface area contributed by atoms with E-state index in [1.807, 2.05) is 0 Å². The third-order valence-electron chi connectivity index (χ3n) is 1.95. The van der Waals surface area contributed by atoms with Crippen LogP contribution in [0.2, 0.25) is 0 Å². The molecule has 0 aliphatic carbocycles. The molecular formula is C10H9F4N. The van der Waals surface area contributed by atoms with E-state index in [9.17, 15) is 17.6 Å². The van der Waals surface area contributed by atoms with Gasteiger partial charge in [-0.3, -0.25) is 0 Å². The van der Waals surface area contributed by atoms with Crippen molar-refractivity contribution < 1.29 is 17.6 Å². The Kier molecular flexibility index (Phi) is 3.34. The van der Waals surface area contributed by atoms with Crippen LogP contribution in [0, 0.1) is 23.3 Å². The molecule has 5 heteroatoms. The van der Waals surface area contributed by atoms with Crippen LogP contribution < -0.4 is 5.32 Å². The molecule has 0 aliphatic rings. The molecule has 1 nitrogen and oxygen atoms in total. The largest absolute Gasteiger partial charge is 0.383 e. The fourth-order valence-electron chi connectivity index (χ4n) is 1.22. The van der Waals surface area contributed by atoms with Gasteiger partial charge in [0.15, 0.2) is 23.3 Å². The lowest BCUT2D eigenvalue weighted by Crippen LogP contribution is -2.07. The average molecular weight is 219 g/mol. The molecule has 0 saturated heterocycles. The van der Waals surface area contributed by atoms with Crippen molar-refractivity contribution in [1.82, 2.24) is 0 Å². The van der Waals surface area contributed by atoms with Gasteiger partial charge in [0.2, 0.25) is 0 Å². The maximum absolute atomic E-state index is 13.2. The van der Waals surface area contributed by atoms with Crippen LogP contribution in [0.25, 0.3) is 0 Å². The first kappa shape index (κ1) is 11.6. The number of hydrogen-bond donors (Lipinski definition) is 1. The Hall–Kier alpha value is -1.52. The maximum Gasteiger partial charge on any atom is 0.185 e. The summed E-state index contributed by atoms with van der Waals surface area (Å²) in [5.41, 5.74) is -1.46. The van der Waals surface area contributed by atoms with E-state index in [1.165, 1.54) is 13.1 Å². The van der Waals surface area contributed by atoms with Crippen LogP contribution in [-0.2, 0) is 6.42 Å². The van der Waals surface area contributed by atoms with Gasteiger partial charge in [-0.1, -0.05) is 6.08 Å². The molecule has 0 aliphatic heterocycles. The number of nitrogens with one attached hydrogen (secondary N) is 1. The van der Waals surface area contributed by atoms with E-state index in [-0.39, 0.29) is 6.42 Å². The normalized spacial score (nSPS) is 10.2. The number of allylic oxidation sites excluding steroid dienone is 1. The minimum absolute atomic E-state index is 0.268. The van der Waals surface area contributed by atoms with Crippen molar-refractivity contribution in [2.24, 2.45) is 0 Å². The summed E-state index contributed by atoms with van der Waals surface area (Å²) in [6, 6.07) is 0. The quantitative estimate of drug-likeness (QED) is 0.468. The molecule has 1 aromatic rings. The van der Waals surface area contributed by atoms with E-state index in [2.05, 4.69) is 11.9 Å². The first-order chi connectivity index (χ1) is 7.04. The van der Waals surface area contributed by atoms with E-state index in [0.29, 0.717) is 0 Å². The molecule has 15 heavy (non-hydrogen) atoms. The molecule has 0 fully saturated rings. The van der Waals surface area contributed by atoms with Crippen molar-refractivity contribution in [1.29, 1.82) is 0 Å². The lowest BCUT2D eigenvalue weighted by Gasteiger charge is -2.10. The van der Waals surface area contributed by atoms with Crippen LogP contribution >= 0.6 is 0 Å². The molecule has 1 aromatic carbocycles. The van der Waals surface area contributed by atoms with E-state index in [4.69, 9.17) is 0 Å². The minimum Gasteiger partial charge on any atom is -0.383 e. The Bertz CT molecular complexity index is 372. The van der Waals surface area contributed by atoms with E-state index < -0.39 is 34.5 Å². The van der Waals surface area contributed by atoms with Gasteiger partial charge in [-0.25, -0.2) is 17.6 Å². The Labute approximate surface area is 84.4 Å². The summed E-state index contributed by atoms with van der Waals surface area (Å²) < 4.78 is 52.7. The molecule has 0 spiro atoms. The highest BCUT2D eigenvalue weighted by molar-refractivity contribution is 5.49. The Morgan fingerprint density at radius 1 is 1.07 bits per heavy atom. The van der Waals surface area contributed by atoms with Crippen LogP contribution in [-0.4, -0.2) is 7.05 Å². The third kappa shape index (κ3) is 1.82. The lowest BCUT2D eigenvalue weighted by molar-refractivity contribution is 0.447. The second-order valence-corrected chi connectivity index (χ2v) is 2.85. The summed E-state index contributed by atoms with van der Waals surface area (Å²) in [5.74, 6) is -5.63. The van der Waals surface area contributed by atoms with Gasteiger partial charge in [0.25, 0.3) is 0 Å². The van der Waals surface area contributed by atoms with Gasteiger partial charge in [-0.05, 0) is 6.42 Å². The molecule has 1 N–H and O–H groups in total. The van der Waals surface area contributed by atoms with Crippen LogP contribution in [0.5, 0.6) is 0 Å². The van der Waals surface area contributed by atoms with Gasteiger partial charge < -0.3 is 5.32 Å². The number of benzene rings is 1. The lowest BCUT2D eigenvalue weighted by atomic mass is 10.1. The Balaban J connectivity index is 3.50. The molecule has 0 atom stereocenters. The van der Waals surface area contributed by atoms with Gasteiger partial charge in [-0.2, -0.15) is 0 Å². The van der Waals surface area contributed by atoms with Gasteiger partial charge in [0.1, 0.15) is 5.69 Å². The summed E-state index contributed by atoms with van der Waals surface area (Å²) in [6.07, 6.45) is 0.898. The number of halogens is 4. The Morgan fingerprint density at radius 2 is 1.53 bits per heavy atom. The summed E-state index contributed by atoms with van der Waals surface area (Å²) in [5, 5.41) is 2.06. The summed E-state index contributed by atoms with van der Waals surface area (Å²) in [4.78, 5) is 0. The van der Waals surface area contributed by atoms with Crippen LogP contribution in [0.15, 0.2) is 12.7 Å². The average Bonchev–Trinajstić information content (AvgIpc) is 2.23. The fourth-order valence-corrected chi connectivity index (χ4v) is 1.22. The second-order valence-electron chi connectivity index (χ2n) is 2.85. The van der Waals surface area contributed by atoms with Crippen molar-refractivity contribution in [3.05, 3.63) is 41.5 Å². The smallest absolute Gasteiger partial charge is 0.185 e. The highest BCUT2D eigenvalue weighted by Gasteiger charge is 2.23. The van der Waals surface area contributed by atoms with Crippen molar-refractivity contribution >= 4 is 5.69 Å². The zero-order valence-electron chi connectivity index (χ0n) is 8.00. The van der Waals surface area contributed by atoms with Gasteiger partial charge in [0, 0.05) is 12.6 Å². The minimum atomic E-state index is -1.42. The third-order valence-corrected chi connectivity index (χ3v) is 1.95. The Morgan fingerprint density at radius 3 is 1.87 bits per heavy atom. The highest BCUT2D eigenvalue weighted by atomic mass is 19.2. The predicted octanol–water partition coefficient (Wildman–Crippen LogP) is 3.01. The van der Waals surface area contributed by atoms with E-state index >= 15 is 0 Å². The van der Waals surface area contributed by atoms with Crippen LogP contribution in [0.4, 0.5) is 23.2 Å². The molecule has 0 heterocycles. The van der Waals surface area contributed by atoms with Crippen molar-refractivity contribution in [3.8, 4) is 0 Å². The molecule has 0 saturated carbocycles. The molecule has 0 radical (unpaired) electrons. The summed E-state index contributed by atoms with van der Waals surface area (Å²) in [6.45, 7) is 3.25. The van der Waals surface area contributed by atoms with Gasteiger partial charge in [0.05, 0.1) is 0 Å². The molecule has 0 amide bonds. The molecule has 0 aromatic heterocycles. The summed E-state index contributed by atoms with van der Waals surface area (Å²) >= 11 is 0. The molecular weight excluding hydrogens is 210 g/mol. The standard InChI is InChI=1S/C10H9F4N/c1-3-4-5-6(11)8(13)10(15-2)9(14)7(5)12/h3,15H,1,4H2,2H3. The van der Waals surface area contributed by atoms with Gasteiger partial charge in [-0.15, -0.1) is 6.58 Å². The molecule has 0 bridgehead atoms. The number of anilines is 1. The highest BCUT2D eigenvalue weighted by Crippen LogP contribution is 2.28.